The largest absolute Gasteiger partial charge is 0.550 e. The molecule has 0 bridgehead atoms. The molecule has 0 unspecified atom stereocenters. The summed E-state index contributed by atoms with van der Waals surface area (Å²) >= 11 is 0. The second-order valence-electron chi connectivity index (χ2n) is 3.78. The Morgan fingerprint density at radius 2 is 2.00 bits per heavy atom. The molecule has 0 fully saturated rings. The van der Waals surface area contributed by atoms with Crippen LogP contribution in [0.1, 0.15) is 27.2 Å². The fourth-order valence-electron chi connectivity index (χ4n) is 1.52. The number of nitrogens with two attached hydrogens (primary N) is 1. The molecule has 0 aromatic rings. The number of carboxylic acids is 1. The average Bonchev–Trinajstić information content (AvgIpc) is 2.11. The molecule has 0 saturated carbocycles. The lowest BCUT2D eigenvalue weighted by Gasteiger charge is -2.16. The van der Waals surface area contributed by atoms with Crippen molar-refractivity contribution in [2.45, 2.75) is 33.2 Å². The van der Waals surface area contributed by atoms with Gasteiger partial charge in [-0.25, -0.2) is 0 Å². The van der Waals surface area contributed by atoms with E-state index in [0.717, 1.165) is 26.2 Å². The summed E-state index contributed by atoms with van der Waals surface area (Å²) in [6.45, 7) is 10.6. The lowest BCUT2D eigenvalue weighted by atomic mass is 10.2. The zero-order chi connectivity index (χ0) is 11.0. The minimum atomic E-state index is -0.955. The van der Waals surface area contributed by atoms with Gasteiger partial charge in [-0.1, -0.05) is 0 Å². The minimum Gasteiger partial charge on any atom is -0.550 e. The number of quaternary nitrogens is 2. The SMILES string of the molecule is CC[NH+](CC)CC[NH2+][C@H](C)CC(=O)[O-]. The third kappa shape index (κ3) is 6.86. The Labute approximate surface area is 86.3 Å². The first kappa shape index (κ1) is 13.4. The summed E-state index contributed by atoms with van der Waals surface area (Å²) in [4.78, 5) is 11.8. The summed E-state index contributed by atoms with van der Waals surface area (Å²) in [6.07, 6.45) is 0.146. The van der Waals surface area contributed by atoms with Gasteiger partial charge in [-0.05, 0) is 20.8 Å². The zero-order valence-corrected chi connectivity index (χ0v) is 9.51. The minimum absolute atomic E-state index is 0.134. The van der Waals surface area contributed by atoms with Crippen LogP contribution in [-0.2, 0) is 4.79 Å². The highest BCUT2D eigenvalue weighted by Crippen LogP contribution is 1.79. The Hall–Kier alpha value is -0.610. The van der Waals surface area contributed by atoms with Gasteiger partial charge in [0.1, 0.15) is 13.1 Å². The van der Waals surface area contributed by atoms with Crippen molar-refractivity contribution in [1.29, 1.82) is 0 Å². The van der Waals surface area contributed by atoms with Gasteiger partial charge in [-0.2, -0.15) is 0 Å². The summed E-state index contributed by atoms with van der Waals surface area (Å²) in [5, 5.41) is 12.4. The molecule has 0 spiro atoms. The van der Waals surface area contributed by atoms with Crippen molar-refractivity contribution < 1.29 is 20.1 Å². The second kappa shape index (κ2) is 7.76. The number of carbonyl (C=O) groups is 1. The van der Waals surface area contributed by atoms with Crippen LogP contribution in [0.4, 0.5) is 0 Å². The van der Waals surface area contributed by atoms with Crippen molar-refractivity contribution in [2.75, 3.05) is 26.2 Å². The molecule has 0 heterocycles. The third-order valence-corrected chi connectivity index (χ3v) is 2.56. The average molecular weight is 203 g/mol. The van der Waals surface area contributed by atoms with Gasteiger partial charge in [-0.15, -0.1) is 0 Å². The summed E-state index contributed by atoms with van der Waals surface area (Å²) in [7, 11) is 0. The molecular weight excluding hydrogens is 180 g/mol. The van der Waals surface area contributed by atoms with Crippen molar-refractivity contribution in [3.05, 3.63) is 0 Å². The van der Waals surface area contributed by atoms with E-state index in [1.165, 1.54) is 0 Å². The molecule has 0 saturated heterocycles. The molecule has 84 valence electrons. The number of hydrogen-bond acceptors (Lipinski definition) is 2. The van der Waals surface area contributed by atoms with Crippen molar-refractivity contribution in [3.8, 4) is 0 Å². The van der Waals surface area contributed by atoms with Crippen LogP contribution >= 0.6 is 0 Å². The number of rotatable bonds is 8. The standard InChI is InChI=1S/C10H22N2O2/c1-4-12(5-2)7-6-11-9(3)8-10(13)14/h9,11H,4-8H2,1-3H3,(H,13,14)/p+1/t9-/m1/s1. The van der Waals surface area contributed by atoms with E-state index in [2.05, 4.69) is 19.2 Å². The Bertz CT molecular complexity index is 158. The molecule has 0 aromatic carbocycles. The van der Waals surface area contributed by atoms with Crippen molar-refractivity contribution in [2.24, 2.45) is 0 Å². The van der Waals surface area contributed by atoms with E-state index < -0.39 is 5.97 Å². The molecule has 0 rings (SSSR count). The quantitative estimate of drug-likeness (QED) is 0.442. The first-order valence-corrected chi connectivity index (χ1v) is 5.46. The van der Waals surface area contributed by atoms with E-state index in [9.17, 15) is 9.90 Å². The summed E-state index contributed by atoms with van der Waals surface area (Å²) in [5.41, 5.74) is 0. The monoisotopic (exact) mass is 203 g/mol. The van der Waals surface area contributed by atoms with Crippen LogP contribution in [0.2, 0.25) is 0 Å². The maximum absolute atomic E-state index is 10.3. The predicted molar refractivity (Wildman–Crippen MR) is 52.8 cm³/mol. The second-order valence-corrected chi connectivity index (χ2v) is 3.78. The highest BCUT2D eigenvalue weighted by atomic mass is 16.4. The third-order valence-electron chi connectivity index (χ3n) is 2.56. The van der Waals surface area contributed by atoms with E-state index in [1.807, 2.05) is 6.92 Å². The van der Waals surface area contributed by atoms with E-state index >= 15 is 0 Å². The highest BCUT2D eigenvalue weighted by molar-refractivity contribution is 5.64. The molecule has 0 radical (unpaired) electrons. The summed E-state index contributed by atoms with van der Waals surface area (Å²) in [6, 6.07) is 0.134. The van der Waals surface area contributed by atoms with Crippen LogP contribution < -0.4 is 15.3 Å². The van der Waals surface area contributed by atoms with Gasteiger partial charge < -0.3 is 20.1 Å². The van der Waals surface area contributed by atoms with E-state index in [0.29, 0.717) is 0 Å². The van der Waals surface area contributed by atoms with Crippen LogP contribution in [0.15, 0.2) is 0 Å². The number of nitrogens with one attached hydrogen (secondary N) is 1. The maximum Gasteiger partial charge on any atom is 0.127 e. The number of likely N-dealkylation sites (N-methyl/N-ethyl adjacent to an activating group) is 1. The van der Waals surface area contributed by atoms with Gasteiger partial charge in [-0.3, -0.25) is 0 Å². The maximum atomic E-state index is 10.3. The molecule has 4 nitrogen and oxygen atoms in total. The smallest absolute Gasteiger partial charge is 0.127 e. The van der Waals surface area contributed by atoms with E-state index in [-0.39, 0.29) is 12.5 Å². The van der Waals surface area contributed by atoms with Crippen LogP contribution in [0.3, 0.4) is 0 Å². The lowest BCUT2D eigenvalue weighted by molar-refractivity contribution is -0.910. The number of carbonyl (C=O) groups excluding carboxylic acids is 1. The van der Waals surface area contributed by atoms with Crippen molar-refractivity contribution in [3.63, 3.8) is 0 Å². The molecule has 0 aliphatic rings. The fraction of sp³-hybridized carbons (Fsp3) is 0.900. The summed E-state index contributed by atoms with van der Waals surface area (Å²) in [5.74, 6) is -0.955. The van der Waals surface area contributed by atoms with Gasteiger partial charge in [0.25, 0.3) is 0 Å². The fourth-order valence-corrected chi connectivity index (χ4v) is 1.52. The molecule has 3 N–H and O–H groups in total. The van der Waals surface area contributed by atoms with Crippen LogP contribution in [0.25, 0.3) is 0 Å². The molecule has 0 aliphatic heterocycles. The molecule has 0 aliphatic carbocycles. The molecule has 4 heteroatoms. The Balaban J connectivity index is 3.47. The summed E-state index contributed by atoms with van der Waals surface area (Å²) < 4.78 is 0. The van der Waals surface area contributed by atoms with Crippen LogP contribution in [0, 0.1) is 0 Å². The van der Waals surface area contributed by atoms with E-state index in [4.69, 9.17) is 0 Å². The Morgan fingerprint density at radius 1 is 1.43 bits per heavy atom. The first-order valence-electron chi connectivity index (χ1n) is 5.46. The van der Waals surface area contributed by atoms with Crippen molar-refractivity contribution in [1.82, 2.24) is 0 Å². The Morgan fingerprint density at radius 3 is 2.43 bits per heavy atom. The molecule has 0 amide bonds. The number of aliphatic carboxylic acids is 1. The Kier molecular flexibility index (Phi) is 7.42. The molecule has 14 heavy (non-hydrogen) atoms. The molecule has 0 aromatic heterocycles. The zero-order valence-electron chi connectivity index (χ0n) is 9.51. The predicted octanol–water partition coefficient (Wildman–Crippen LogP) is -3.00. The first-order chi connectivity index (χ1) is 6.60. The van der Waals surface area contributed by atoms with Crippen molar-refractivity contribution >= 4 is 5.97 Å². The topological polar surface area (TPSA) is 61.2 Å². The van der Waals surface area contributed by atoms with Gasteiger partial charge in [0.05, 0.1) is 19.1 Å². The number of hydrogen-bond donors (Lipinski definition) is 2. The molecule has 1 atom stereocenters. The van der Waals surface area contributed by atoms with E-state index in [1.54, 1.807) is 4.90 Å². The van der Waals surface area contributed by atoms with Gasteiger partial charge in [0, 0.05) is 12.4 Å². The van der Waals surface area contributed by atoms with Gasteiger partial charge in [0.15, 0.2) is 0 Å². The lowest BCUT2D eigenvalue weighted by Crippen LogP contribution is -3.14. The molecular formula is C10H23N2O2+. The normalized spacial score (nSPS) is 13.1. The number of carboxylic acid groups (broad SMARTS) is 1. The van der Waals surface area contributed by atoms with Gasteiger partial charge >= 0.3 is 0 Å². The van der Waals surface area contributed by atoms with Gasteiger partial charge in [0.2, 0.25) is 0 Å². The highest BCUT2D eigenvalue weighted by Gasteiger charge is 2.07. The van der Waals surface area contributed by atoms with Crippen LogP contribution in [0.5, 0.6) is 0 Å². The van der Waals surface area contributed by atoms with Crippen LogP contribution in [-0.4, -0.2) is 38.2 Å².